The molecule has 0 saturated carbocycles. The van der Waals surface area contributed by atoms with Crippen molar-refractivity contribution in [3.63, 3.8) is 0 Å². The monoisotopic (exact) mass is 608 g/mol. The van der Waals surface area contributed by atoms with Gasteiger partial charge < -0.3 is 19.9 Å². The third-order valence-electron chi connectivity index (χ3n) is 7.26. The van der Waals surface area contributed by atoms with Gasteiger partial charge in [-0.3, -0.25) is 4.79 Å². The molecule has 4 aromatic rings. The molecular formula is C32H34ClFN4O5. The first kappa shape index (κ1) is 30.4. The summed E-state index contributed by atoms with van der Waals surface area (Å²) in [5.74, 6) is -2.14. The Morgan fingerprint density at radius 3 is 2.60 bits per heavy atom. The second-order valence-electron chi connectivity index (χ2n) is 11.6. The molecule has 9 nitrogen and oxygen atoms in total. The van der Waals surface area contributed by atoms with E-state index in [4.69, 9.17) is 21.1 Å². The van der Waals surface area contributed by atoms with Crippen LogP contribution in [0.3, 0.4) is 0 Å². The zero-order valence-electron chi connectivity index (χ0n) is 24.7. The van der Waals surface area contributed by atoms with Crippen molar-refractivity contribution in [2.75, 3.05) is 6.61 Å². The number of hydrogen-bond acceptors (Lipinski definition) is 6. The molecular weight excluding hydrogens is 575 g/mol. The first-order valence-corrected chi connectivity index (χ1v) is 14.5. The number of carboxylic acid groups (broad SMARTS) is 1. The van der Waals surface area contributed by atoms with Gasteiger partial charge in [0.2, 0.25) is 0 Å². The van der Waals surface area contributed by atoms with E-state index in [9.17, 15) is 14.7 Å². The quantitative estimate of drug-likeness (QED) is 0.187. The zero-order valence-corrected chi connectivity index (χ0v) is 25.5. The number of benzene rings is 2. The van der Waals surface area contributed by atoms with Crippen LogP contribution < -0.4 is 10.1 Å². The number of aryl methyl sites for hydroxylation is 1. The SMILES string of the molecule is Cc1nc2cc(C(=O)NC(Cl)Cc3ccccc3)nn2c(-c2cc(F)c3c(c2C)CCCO3)c1[C@H](OC(C)(C)C)C(=O)O. The summed E-state index contributed by atoms with van der Waals surface area (Å²) in [6.45, 7) is 9.16. The van der Waals surface area contributed by atoms with Crippen LogP contribution in [0.1, 0.15) is 71.7 Å². The van der Waals surface area contributed by atoms with Crippen molar-refractivity contribution < 1.29 is 28.6 Å². The number of fused-ring (bicyclic) bond motifs is 2. The van der Waals surface area contributed by atoms with Crippen molar-refractivity contribution in [2.24, 2.45) is 0 Å². The van der Waals surface area contributed by atoms with E-state index in [0.717, 1.165) is 5.56 Å². The zero-order chi connectivity index (χ0) is 31.1. The first-order valence-electron chi connectivity index (χ1n) is 14.1. The second-order valence-corrected chi connectivity index (χ2v) is 12.2. The van der Waals surface area contributed by atoms with Crippen molar-refractivity contribution in [3.8, 4) is 17.0 Å². The topological polar surface area (TPSA) is 115 Å². The minimum atomic E-state index is -1.46. The van der Waals surface area contributed by atoms with Crippen LogP contribution in [0.5, 0.6) is 5.75 Å². The number of halogens is 2. The van der Waals surface area contributed by atoms with E-state index < -0.39 is 34.9 Å². The average molecular weight is 609 g/mol. The van der Waals surface area contributed by atoms with Gasteiger partial charge in [-0.15, -0.1) is 0 Å². The van der Waals surface area contributed by atoms with Gasteiger partial charge in [0.25, 0.3) is 5.91 Å². The fraction of sp³-hybridized carbons (Fsp3) is 0.375. The number of carbonyl (C=O) groups excluding carboxylic acids is 1. The van der Waals surface area contributed by atoms with Gasteiger partial charge in [0.15, 0.2) is 29.0 Å². The van der Waals surface area contributed by atoms with Crippen molar-refractivity contribution in [1.29, 1.82) is 0 Å². The number of alkyl halides is 1. The van der Waals surface area contributed by atoms with E-state index in [2.05, 4.69) is 15.4 Å². The Morgan fingerprint density at radius 1 is 1.21 bits per heavy atom. The molecule has 3 heterocycles. The number of rotatable bonds is 8. The van der Waals surface area contributed by atoms with Crippen LogP contribution in [0.2, 0.25) is 0 Å². The van der Waals surface area contributed by atoms with E-state index in [0.29, 0.717) is 48.3 Å². The van der Waals surface area contributed by atoms with Gasteiger partial charge in [0.1, 0.15) is 5.50 Å². The summed E-state index contributed by atoms with van der Waals surface area (Å²) in [5.41, 5.74) is 2.37. The summed E-state index contributed by atoms with van der Waals surface area (Å²) in [5, 5.41) is 17.6. The van der Waals surface area contributed by atoms with Crippen molar-refractivity contribution in [2.45, 2.75) is 71.1 Å². The van der Waals surface area contributed by atoms with E-state index in [1.165, 1.54) is 16.6 Å². The highest BCUT2D eigenvalue weighted by molar-refractivity contribution is 6.21. The Labute approximate surface area is 254 Å². The predicted octanol–water partition coefficient (Wildman–Crippen LogP) is 5.96. The van der Waals surface area contributed by atoms with E-state index in [1.807, 2.05) is 37.3 Å². The van der Waals surface area contributed by atoms with Crippen LogP contribution in [0.4, 0.5) is 4.39 Å². The van der Waals surface area contributed by atoms with E-state index in [1.54, 1.807) is 27.7 Å². The van der Waals surface area contributed by atoms with Gasteiger partial charge in [0.05, 0.1) is 17.9 Å². The van der Waals surface area contributed by atoms with Crippen molar-refractivity contribution in [3.05, 3.63) is 81.9 Å². The number of amides is 1. The molecule has 2 aromatic carbocycles. The fourth-order valence-electron chi connectivity index (χ4n) is 5.40. The number of ether oxygens (including phenoxy) is 2. The fourth-order valence-corrected chi connectivity index (χ4v) is 5.67. The molecule has 2 N–H and O–H groups in total. The molecule has 1 unspecified atom stereocenters. The number of nitrogens with zero attached hydrogens (tertiary/aromatic N) is 3. The molecule has 1 aliphatic heterocycles. The lowest BCUT2D eigenvalue weighted by molar-refractivity contribution is -0.160. The second kappa shape index (κ2) is 11.9. The number of aliphatic carboxylic acids is 1. The first-order chi connectivity index (χ1) is 20.3. The average Bonchev–Trinajstić information content (AvgIpc) is 3.37. The Kier molecular flexibility index (Phi) is 8.45. The standard InChI is InChI=1S/C32H34ClFN4O5/c1-17-20-12-9-13-42-28(20)22(34)15-21(17)27-26(29(31(40)41)43-32(3,4)5)18(2)35-25-16-23(37-38(25)27)30(39)36-24(33)14-19-10-7-6-8-11-19/h6-8,10-11,15-16,24,29H,9,12-14H2,1-5H3,(H,36,39)(H,40,41)/t24?,29-/m0/s1. The molecule has 5 rings (SSSR count). The smallest absolute Gasteiger partial charge is 0.337 e. The molecule has 0 aliphatic carbocycles. The number of aromatic nitrogens is 3. The molecule has 11 heteroatoms. The highest BCUT2D eigenvalue weighted by atomic mass is 35.5. The third kappa shape index (κ3) is 6.35. The molecule has 0 bridgehead atoms. The molecule has 0 spiro atoms. The molecule has 2 aromatic heterocycles. The van der Waals surface area contributed by atoms with Gasteiger partial charge in [-0.1, -0.05) is 41.9 Å². The predicted molar refractivity (Wildman–Crippen MR) is 160 cm³/mol. The summed E-state index contributed by atoms with van der Waals surface area (Å²) in [4.78, 5) is 30.6. The number of carboxylic acids is 1. The molecule has 226 valence electrons. The van der Waals surface area contributed by atoms with Crippen molar-refractivity contribution >= 4 is 29.1 Å². The largest absolute Gasteiger partial charge is 0.490 e. The normalized spacial score (nSPS) is 14.6. The van der Waals surface area contributed by atoms with Crippen LogP contribution in [-0.2, 0) is 22.4 Å². The summed E-state index contributed by atoms with van der Waals surface area (Å²) in [7, 11) is 0. The van der Waals surface area contributed by atoms with Gasteiger partial charge in [0, 0.05) is 34.9 Å². The maximum absolute atomic E-state index is 15.5. The molecule has 0 radical (unpaired) electrons. The van der Waals surface area contributed by atoms with Gasteiger partial charge in [-0.05, 0) is 64.7 Å². The molecule has 0 saturated heterocycles. The summed E-state index contributed by atoms with van der Waals surface area (Å²) >= 11 is 6.46. The summed E-state index contributed by atoms with van der Waals surface area (Å²) in [6.07, 6.45) is 0.254. The third-order valence-corrected chi connectivity index (χ3v) is 7.52. The number of hydrogen-bond donors (Lipinski definition) is 2. The molecule has 0 fully saturated rings. The Morgan fingerprint density at radius 2 is 1.93 bits per heavy atom. The lowest BCUT2D eigenvalue weighted by atomic mass is 9.91. The van der Waals surface area contributed by atoms with Crippen LogP contribution in [0.25, 0.3) is 16.9 Å². The highest BCUT2D eigenvalue weighted by Gasteiger charge is 2.35. The van der Waals surface area contributed by atoms with Crippen LogP contribution >= 0.6 is 11.6 Å². The Hall–Kier alpha value is -4.02. The van der Waals surface area contributed by atoms with Crippen LogP contribution in [-0.4, -0.2) is 49.3 Å². The molecule has 43 heavy (non-hydrogen) atoms. The van der Waals surface area contributed by atoms with Crippen LogP contribution in [0.15, 0.2) is 42.5 Å². The summed E-state index contributed by atoms with van der Waals surface area (Å²) < 4.78 is 28.6. The maximum Gasteiger partial charge on any atom is 0.337 e. The number of carbonyl (C=O) groups is 2. The highest BCUT2D eigenvalue weighted by Crippen LogP contribution is 2.41. The van der Waals surface area contributed by atoms with Crippen molar-refractivity contribution in [1.82, 2.24) is 19.9 Å². The van der Waals surface area contributed by atoms with E-state index >= 15 is 4.39 Å². The van der Waals surface area contributed by atoms with E-state index in [-0.39, 0.29) is 28.3 Å². The lowest BCUT2D eigenvalue weighted by Gasteiger charge is -2.28. The van der Waals surface area contributed by atoms with Gasteiger partial charge in [-0.25, -0.2) is 18.7 Å². The number of nitrogens with one attached hydrogen (secondary N) is 1. The lowest BCUT2D eigenvalue weighted by Crippen LogP contribution is -2.32. The minimum Gasteiger partial charge on any atom is -0.490 e. The molecule has 1 aliphatic rings. The molecule has 1 amide bonds. The van der Waals surface area contributed by atoms with Gasteiger partial charge >= 0.3 is 5.97 Å². The van der Waals surface area contributed by atoms with Gasteiger partial charge in [-0.2, -0.15) is 5.10 Å². The van der Waals surface area contributed by atoms with Crippen LogP contribution in [0, 0.1) is 19.7 Å². The Balaban J connectivity index is 1.68. The Bertz CT molecular complexity index is 1700. The maximum atomic E-state index is 15.5. The molecule has 2 atom stereocenters. The summed E-state index contributed by atoms with van der Waals surface area (Å²) in [6, 6.07) is 12.3. The minimum absolute atomic E-state index is 0.0204.